The summed E-state index contributed by atoms with van der Waals surface area (Å²) in [5, 5.41) is 2.65. The van der Waals surface area contributed by atoms with Gasteiger partial charge in [0.2, 0.25) is 0 Å². The minimum atomic E-state index is -3.91. The van der Waals surface area contributed by atoms with Crippen molar-refractivity contribution in [1.82, 2.24) is 5.32 Å². The van der Waals surface area contributed by atoms with E-state index in [9.17, 15) is 13.2 Å². The Morgan fingerprint density at radius 3 is 2.35 bits per heavy atom. The van der Waals surface area contributed by atoms with E-state index in [0.717, 1.165) is 0 Å². The Balaban J connectivity index is 2.24. The molecule has 17 heavy (non-hydrogen) atoms. The van der Waals surface area contributed by atoms with Crippen LogP contribution in [0.25, 0.3) is 0 Å². The van der Waals surface area contributed by atoms with Crippen LogP contribution in [0.2, 0.25) is 0 Å². The Bertz CT molecular complexity index is 378. The average Bonchev–Trinajstić information content (AvgIpc) is 1.93. The lowest BCUT2D eigenvalue weighted by Crippen LogP contribution is -2.47. The molecule has 1 amide bonds. The van der Waals surface area contributed by atoms with E-state index in [1.165, 1.54) is 0 Å². The van der Waals surface area contributed by atoms with E-state index in [2.05, 4.69) is 5.32 Å². The van der Waals surface area contributed by atoms with Crippen LogP contribution in [-0.4, -0.2) is 36.5 Å². The van der Waals surface area contributed by atoms with Gasteiger partial charge in [0.15, 0.2) is 0 Å². The molecular weight excluding hydrogens is 246 g/mol. The highest BCUT2D eigenvalue weighted by Crippen LogP contribution is 2.28. The summed E-state index contributed by atoms with van der Waals surface area (Å²) in [6, 6.07) is -0.0587. The summed E-state index contributed by atoms with van der Waals surface area (Å²) < 4.78 is 34.9. The Hall–Kier alpha value is -0.820. The van der Waals surface area contributed by atoms with Crippen LogP contribution in [0.5, 0.6) is 0 Å². The molecule has 1 rings (SSSR count). The standard InChI is InChI=1S/C10H19NO5S/c1-10(2,3)16-9(12)11-8-4-7(5-8)6-17(13,14)15/h7-8H,4-6H2,1-3H3,(H,11,12)(H,13,14,15)/t7-,8+. The van der Waals surface area contributed by atoms with E-state index in [4.69, 9.17) is 9.29 Å². The number of nitrogens with one attached hydrogen (secondary N) is 1. The van der Waals surface area contributed by atoms with Gasteiger partial charge < -0.3 is 10.1 Å². The van der Waals surface area contributed by atoms with Crippen molar-refractivity contribution in [1.29, 1.82) is 0 Å². The number of carbonyl (C=O) groups excluding carboxylic acids is 1. The molecule has 7 heteroatoms. The summed E-state index contributed by atoms with van der Waals surface area (Å²) in [6.07, 6.45) is 0.616. The molecule has 0 unspecified atom stereocenters. The molecule has 2 N–H and O–H groups in total. The van der Waals surface area contributed by atoms with Crippen LogP contribution in [0.1, 0.15) is 33.6 Å². The maximum absolute atomic E-state index is 11.4. The lowest BCUT2D eigenvalue weighted by Gasteiger charge is -2.35. The summed E-state index contributed by atoms with van der Waals surface area (Å²) in [4.78, 5) is 11.4. The van der Waals surface area contributed by atoms with Crippen LogP contribution in [-0.2, 0) is 14.9 Å². The van der Waals surface area contributed by atoms with E-state index < -0.39 is 21.8 Å². The topological polar surface area (TPSA) is 92.7 Å². The molecule has 0 bridgehead atoms. The van der Waals surface area contributed by atoms with Gasteiger partial charge in [0.05, 0.1) is 5.75 Å². The maximum Gasteiger partial charge on any atom is 0.407 e. The number of carbonyl (C=O) groups is 1. The molecule has 6 nitrogen and oxygen atoms in total. The van der Waals surface area contributed by atoms with Gasteiger partial charge in [-0.2, -0.15) is 8.42 Å². The smallest absolute Gasteiger partial charge is 0.407 e. The minimum Gasteiger partial charge on any atom is -0.444 e. The molecule has 1 aliphatic rings. The number of rotatable bonds is 3. The SMILES string of the molecule is CC(C)(C)OC(=O)N[C@H]1C[C@@H](CS(=O)(=O)O)C1. The Morgan fingerprint density at radius 2 is 1.94 bits per heavy atom. The zero-order valence-corrected chi connectivity index (χ0v) is 11.1. The normalized spacial score (nSPS) is 24.9. The third kappa shape index (κ3) is 5.88. The van der Waals surface area contributed by atoms with Crippen molar-refractivity contribution in [3.05, 3.63) is 0 Å². The summed E-state index contributed by atoms with van der Waals surface area (Å²) in [5.74, 6) is -0.315. The molecule has 1 aliphatic carbocycles. The molecule has 0 aromatic carbocycles. The lowest BCUT2D eigenvalue weighted by atomic mass is 9.82. The summed E-state index contributed by atoms with van der Waals surface area (Å²) in [7, 11) is -3.91. The third-order valence-electron chi connectivity index (χ3n) is 2.40. The molecule has 0 radical (unpaired) electrons. The van der Waals surface area contributed by atoms with Crippen molar-refractivity contribution in [2.24, 2.45) is 5.92 Å². The molecule has 0 spiro atoms. The second kappa shape index (κ2) is 4.81. The second-order valence-corrected chi connectivity index (χ2v) is 6.93. The lowest BCUT2D eigenvalue weighted by molar-refractivity contribution is 0.0459. The quantitative estimate of drug-likeness (QED) is 0.747. The van der Waals surface area contributed by atoms with Crippen LogP contribution in [0.15, 0.2) is 0 Å². The molecular formula is C10H19NO5S. The molecule has 100 valence electrons. The first kappa shape index (κ1) is 14.2. The number of hydrogen-bond donors (Lipinski definition) is 2. The highest BCUT2D eigenvalue weighted by molar-refractivity contribution is 7.85. The van der Waals surface area contributed by atoms with E-state index in [1.54, 1.807) is 20.8 Å². The summed E-state index contributed by atoms with van der Waals surface area (Å²) in [6.45, 7) is 5.32. The van der Waals surface area contributed by atoms with Gasteiger partial charge in [-0.25, -0.2) is 4.79 Å². The van der Waals surface area contributed by atoms with Gasteiger partial charge >= 0.3 is 6.09 Å². The number of amides is 1. The average molecular weight is 265 g/mol. The molecule has 0 aromatic rings. The zero-order valence-electron chi connectivity index (χ0n) is 10.3. The third-order valence-corrected chi connectivity index (χ3v) is 3.30. The molecule has 0 aliphatic heterocycles. The highest BCUT2D eigenvalue weighted by atomic mass is 32.2. The van der Waals surface area contributed by atoms with E-state index in [-0.39, 0.29) is 17.7 Å². The van der Waals surface area contributed by atoms with Gasteiger partial charge in [-0.3, -0.25) is 4.55 Å². The van der Waals surface area contributed by atoms with Crippen molar-refractivity contribution in [3.8, 4) is 0 Å². The van der Waals surface area contributed by atoms with Crippen molar-refractivity contribution in [2.45, 2.75) is 45.3 Å². The monoisotopic (exact) mass is 265 g/mol. The fraction of sp³-hybridized carbons (Fsp3) is 0.900. The van der Waals surface area contributed by atoms with Crippen molar-refractivity contribution in [2.75, 3.05) is 5.75 Å². The van der Waals surface area contributed by atoms with Crippen LogP contribution >= 0.6 is 0 Å². The predicted molar refractivity (Wildman–Crippen MR) is 62.3 cm³/mol. The van der Waals surface area contributed by atoms with Gasteiger partial charge in [0.25, 0.3) is 10.1 Å². The van der Waals surface area contributed by atoms with Gasteiger partial charge in [0, 0.05) is 6.04 Å². The first-order valence-corrected chi connectivity index (χ1v) is 7.11. The largest absolute Gasteiger partial charge is 0.444 e. The first-order valence-electron chi connectivity index (χ1n) is 5.50. The highest BCUT2D eigenvalue weighted by Gasteiger charge is 2.34. The van der Waals surface area contributed by atoms with Gasteiger partial charge in [-0.15, -0.1) is 0 Å². The number of ether oxygens (including phenoxy) is 1. The molecule has 0 saturated heterocycles. The van der Waals surface area contributed by atoms with E-state index in [0.29, 0.717) is 12.8 Å². The fourth-order valence-electron chi connectivity index (χ4n) is 1.76. The van der Waals surface area contributed by atoms with Gasteiger partial charge in [-0.1, -0.05) is 0 Å². The number of hydrogen-bond acceptors (Lipinski definition) is 4. The van der Waals surface area contributed by atoms with Crippen LogP contribution < -0.4 is 5.32 Å². The summed E-state index contributed by atoms with van der Waals surface area (Å²) in [5.41, 5.74) is -0.540. The molecule has 0 atom stereocenters. The van der Waals surface area contributed by atoms with E-state index >= 15 is 0 Å². The van der Waals surface area contributed by atoms with Crippen LogP contribution in [0, 0.1) is 5.92 Å². The molecule has 0 aromatic heterocycles. The molecule has 1 saturated carbocycles. The fourth-order valence-corrected chi connectivity index (χ4v) is 2.63. The van der Waals surface area contributed by atoms with Crippen LogP contribution in [0.4, 0.5) is 4.79 Å². The van der Waals surface area contributed by atoms with Gasteiger partial charge in [-0.05, 0) is 39.5 Å². The maximum atomic E-state index is 11.4. The van der Waals surface area contributed by atoms with Crippen molar-refractivity contribution in [3.63, 3.8) is 0 Å². The van der Waals surface area contributed by atoms with Crippen molar-refractivity contribution >= 4 is 16.2 Å². The van der Waals surface area contributed by atoms with E-state index in [1.807, 2.05) is 0 Å². The molecule has 1 fully saturated rings. The Labute approximate surface area is 101 Å². The number of alkyl carbamates (subject to hydrolysis) is 1. The Morgan fingerprint density at radius 1 is 1.41 bits per heavy atom. The molecule has 0 heterocycles. The van der Waals surface area contributed by atoms with Crippen molar-refractivity contribution < 1.29 is 22.5 Å². The van der Waals surface area contributed by atoms with Gasteiger partial charge in [0.1, 0.15) is 5.60 Å². The zero-order chi connectivity index (χ0) is 13.3. The Kier molecular flexibility index (Phi) is 4.03. The minimum absolute atomic E-state index is 0.0587. The first-order chi connectivity index (χ1) is 7.55. The predicted octanol–water partition coefficient (Wildman–Crippen LogP) is 1.18. The summed E-state index contributed by atoms with van der Waals surface area (Å²) >= 11 is 0. The second-order valence-electron chi connectivity index (χ2n) is 5.43. The van der Waals surface area contributed by atoms with Crippen LogP contribution in [0.3, 0.4) is 0 Å².